The van der Waals surface area contributed by atoms with Crippen LogP contribution >= 0.6 is 24.0 Å². The van der Waals surface area contributed by atoms with E-state index >= 15 is 0 Å². The van der Waals surface area contributed by atoms with Gasteiger partial charge >= 0.3 is 6.09 Å². The number of piperidine rings is 1. The summed E-state index contributed by atoms with van der Waals surface area (Å²) in [6, 6.07) is 7.67. The second-order valence-electron chi connectivity index (χ2n) is 6.43. The quantitative estimate of drug-likeness (QED) is 0.285. The SMILES string of the molecule is CCOC(=O)N1CCC(NC(=NC)NCc2cccc(OCC(N)=O)c2)CC1.I. The largest absolute Gasteiger partial charge is 0.484 e. The molecule has 1 aliphatic rings. The van der Waals surface area contributed by atoms with E-state index in [4.69, 9.17) is 15.2 Å². The van der Waals surface area contributed by atoms with E-state index < -0.39 is 5.91 Å². The molecule has 1 aliphatic heterocycles. The van der Waals surface area contributed by atoms with Gasteiger partial charge in [0.2, 0.25) is 0 Å². The van der Waals surface area contributed by atoms with Crippen LogP contribution in [0.5, 0.6) is 5.75 Å². The number of likely N-dealkylation sites (tertiary alicyclic amines) is 1. The van der Waals surface area contributed by atoms with Crippen LogP contribution < -0.4 is 21.1 Å². The van der Waals surface area contributed by atoms with Gasteiger partial charge in [-0.25, -0.2) is 4.79 Å². The first-order valence-electron chi connectivity index (χ1n) is 9.40. The number of benzene rings is 1. The maximum Gasteiger partial charge on any atom is 0.409 e. The zero-order chi connectivity index (χ0) is 20.4. The van der Waals surface area contributed by atoms with Crippen molar-refractivity contribution >= 4 is 41.9 Å². The zero-order valence-electron chi connectivity index (χ0n) is 16.8. The summed E-state index contributed by atoms with van der Waals surface area (Å²) in [6.07, 6.45) is 1.41. The van der Waals surface area contributed by atoms with Crippen molar-refractivity contribution in [1.29, 1.82) is 0 Å². The maximum absolute atomic E-state index is 11.8. The van der Waals surface area contributed by atoms with Gasteiger partial charge in [0.15, 0.2) is 12.6 Å². The Morgan fingerprint density at radius 2 is 2.03 bits per heavy atom. The summed E-state index contributed by atoms with van der Waals surface area (Å²) in [7, 11) is 1.72. The topological polar surface area (TPSA) is 118 Å². The Bertz CT molecular complexity index is 693. The third-order valence-electron chi connectivity index (χ3n) is 4.32. The first-order chi connectivity index (χ1) is 13.5. The number of primary amides is 1. The number of nitrogens with one attached hydrogen (secondary N) is 2. The van der Waals surface area contributed by atoms with E-state index in [1.54, 1.807) is 24.9 Å². The first kappa shape index (κ1) is 24.8. The molecule has 9 nitrogen and oxygen atoms in total. The number of nitrogens with zero attached hydrogens (tertiary/aromatic N) is 2. The highest BCUT2D eigenvalue weighted by Gasteiger charge is 2.24. The molecule has 2 rings (SSSR count). The molecule has 0 radical (unpaired) electrons. The molecule has 1 saturated heterocycles. The van der Waals surface area contributed by atoms with Gasteiger partial charge in [0.25, 0.3) is 5.91 Å². The highest BCUT2D eigenvalue weighted by molar-refractivity contribution is 14.0. The number of hydrogen-bond acceptors (Lipinski definition) is 5. The Balaban J connectivity index is 0.00000420. The lowest BCUT2D eigenvalue weighted by Gasteiger charge is -2.32. The van der Waals surface area contributed by atoms with Crippen molar-refractivity contribution in [2.45, 2.75) is 32.4 Å². The number of carbonyl (C=O) groups is 2. The van der Waals surface area contributed by atoms with Gasteiger partial charge in [-0.2, -0.15) is 0 Å². The molecule has 0 saturated carbocycles. The van der Waals surface area contributed by atoms with Crippen LogP contribution in [0.1, 0.15) is 25.3 Å². The van der Waals surface area contributed by atoms with E-state index in [0.29, 0.717) is 38.0 Å². The van der Waals surface area contributed by atoms with Gasteiger partial charge in [-0.1, -0.05) is 12.1 Å². The molecule has 10 heteroatoms. The van der Waals surface area contributed by atoms with Crippen molar-refractivity contribution < 1.29 is 19.1 Å². The summed E-state index contributed by atoms with van der Waals surface area (Å²) < 4.78 is 10.4. The molecule has 0 bridgehead atoms. The summed E-state index contributed by atoms with van der Waals surface area (Å²) in [5, 5.41) is 6.66. The first-order valence-corrected chi connectivity index (χ1v) is 9.40. The number of nitrogens with two attached hydrogens (primary N) is 1. The molecule has 4 N–H and O–H groups in total. The maximum atomic E-state index is 11.8. The molecule has 29 heavy (non-hydrogen) atoms. The molecule has 1 aromatic rings. The second kappa shape index (κ2) is 13.1. The van der Waals surface area contributed by atoms with Crippen LogP contribution in [0.25, 0.3) is 0 Å². The van der Waals surface area contributed by atoms with E-state index in [0.717, 1.165) is 18.4 Å². The van der Waals surface area contributed by atoms with Crippen LogP contribution in [0.3, 0.4) is 0 Å². The molecular weight excluding hydrogens is 489 g/mol. The third-order valence-corrected chi connectivity index (χ3v) is 4.32. The molecule has 162 valence electrons. The molecule has 2 amide bonds. The summed E-state index contributed by atoms with van der Waals surface area (Å²) in [4.78, 5) is 28.6. The summed E-state index contributed by atoms with van der Waals surface area (Å²) in [6.45, 7) is 3.92. The van der Waals surface area contributed by atoms with Crippen LogP contribution in [0.2, 0.25) is 0 Å². The van der Waals surface area contributed by atoms with Gasteiger partial charge in [-0.3, -0.25) is 9.79 Å². The number of aliphatic imine (C=N–C) groups is 1. The summed E-state index contributed by atoms with van der Waals surface area (Å²) in [5.74, 6) is 0.771. The molecule has 1 heterocycles. The Hall–Kier alpha value is -2.24. The number of rotatable bonds is 7. The van der Waals surface area contributed by atoms with Crippen molar-refractivity contribution in [3.8, 4) is 5.75 Å². The monoisotopic (exact) mass is 519 g/mol. The van der Waals surface area contributed by atoms with E-state index in [-0.39, 0.29) is 42.7 Å². The van der Waals surface area contributed by atoms with E-state index in [9.17, 15) is 9.59 Å². The van der Waals surface area contributed by atoms with Gasteiger partial charge < -0.3 is 30.7 Å². The Morgan fingerprint density at radius 3 is 2.66 bits per heavy atom. The van der Waals surface area contributed by atoms with E-state index in [1.807, 2.05) is 18.2 Å². The van der Waals surface area contributed by atoms with Crippen molar-refractivity contribution in [3.05, 3.63) is 29.8 Å². The number of hydrogen-bond donors (Lipinski definition) is 3. The average molecular weight is 519 g/mol. The second-order valence-corrected chi connectivity index (χ2v) is 6.43. The lowest BCUT2D eigenvalue weighted by molar-refractivity contribution is -0.119. The molecular formula is C19H30IN5O4. The van der Waals surface area contributed by atoms with Crippen molar-refractivity contribution in [3.63, 3.8) is 0 Å². The minimum absolute atomic E-state index is 0. The standard InChI is InChI=1S/C19H29N5O4.HI/c1-3-27-19(26)24-9-7-15(8-10-24)23-18(21-2)22-12-14-5-4-6-16(11-14)28-13-17(20)25;/h4-6,11,15H,3,7-10,12-13H2,1-2H3,(H2,20,25)(H2,21,22,23);1H. The van der Waals surface area contributed by atoms with Crippen LogP contribution in [-0.2, 0) is 16.1 Å². The number of halogens is 1. The van der Waals surface area contributed by atoms with Crippen molar-refractivity contribution in [2.24, 2.45) is 10.7 Å². The summed E-state index contributed by atoms with van der Waals surface area (Å²) >= 11 is 0. The Kier molecular flexibility index (Phi) is 11.2. The predicted molar refractivity (Wildman–Crippen MR) is 121 cm³/mol. The van der Waals surface area contributed by atoms with Gasteiger partial charge in [0, 0.05) is 32.7 Å². The normalized spacial score (nSPS) is 14.6. The molecule has 1 aromatic carbocycles. The molecule has 0 aromatic heterocycles. The van der Waals surface area contributed by atoms with Crippen LogP contribution in [0.4, 0.5) is 4.79 Å². The highest BCUT2D eigenvalue weighted by Crippen LogP contribution is 2.14. The minimum Gasteiger partial charge on any atom is -0.484 e. The smallest absolute Gasteiger partial charge is 0.409 e. The zero-order valence-corrected chi connectivity index (χ0v) is 19.2. The number of guanidine groups is 1. The number of amides is 2. The molecule has 1 fully saturated rings. The highest BCUT2D eigenvalue weighted by atomic mass is 127. The number of ether oxygens (including phenoxy) is 2. The molecule has 0 unspecified atom stereocenters. The third kappa shape index (κ3) is 8.75. The molecule has 0 spiro atoms. The fourth-order valence-electron chi connectivity index (χ4n) is 2.89. The van der Waals surface area contributed by atoms with Gasteiger partial charge in [0.05, 0.1) is 6.61 Å². The molecule has 0 atom stereocenters. The van der Waals surface area contributed by atoms with Crippen molar-refractivity contribution in [2.75, 3.05) is 33.4 Å². The van der Waals surface area contributed by atoms with Gasteiger partial charge in [-0.15, -0.1) is 24.0 Å². The van der Waals surface area contributed by atoms with Gasteiger partial charge in [0.1, 0.15) is 5.75 Å². The average Bonchev–Trinajstić information content (AvgIpc) is 2.70. The van der Waals surface area contributed by atoms with Crippen LogP contribution in [0, 0.1) is 0 Å². The van der Waals surface area contributed by atoms with E-state index in [2.05, 4.69) is 15.6 Å². The minimum atomic E-state index is -0.512. The lowest BCUT2D eigenvalue weighted by Crippen LogP contribution is -2.49. The van der Waals surface area contributed by atoms with E-state index in [1.165, 1.54) is 0 Å². The predicted octanol–water partition coefficient (Wildman–Crippen LogP) is 1.45. The lowest BCUT2D eigenvalue weighted by atomic mass is 10.1. The summed E-state index contributed by atoms with van der Waals surface area (Å²) in [5.41, 5.74) is 6.08. The fraction of sp³-hybridized carbons (Fsp3) is 0.526. The van der Waals surface area contributed by atoms with Gasteiger partial charge in [-0.05, 0) is 37.5 Å². The Labute approximate surface area is 188 Å². The van der Waals surface area contributed by atoms with Crippen LogP contribution in [0.15, 0.2) is 29.3 Å². The van der Waals surface area contributed by atoms with Crippen LogP contribution in [-0.4, -0.2) is 62.3 Å². The molecule has 0 aliphatic carbocycles. The fourth-order valence-corrected chi connectivity index (χ4v) is 2.89. The number of carbonyl (C=O) groups excluding carboxylic acids is 2. The Morgan fingerprint density at radius 1 is 1.31 bits per heavy atom. The van der Waals surface area contributed by atoms with Crippen molar-refractivity contribution in [1.82, 2.24) is 15.5 Å².